The highest BCUT2D eigenvalue weighted by Crippen LogP contribution is 2.29. The van der Waals surface area contributed by atoms with Gasteiger partial charge in [0.05, 0.1) is 5.52 Å². The smallest absolute Gasteiger partial charge is 0.0708 e. The predicted molar refractivity (Wildman–Crippen MR) is 93.7 cm³/mol. The van der Waals surface area contributed by atoms with Crippen molar-refractivity contribution in [2.45, 2.75) is 59.8 Å². The number of pyridine rings is 1. The lowest BCUT2D eigenvalue weighted by Crippen LogP contribution is -1.95. The Balaban J connectivity index is 0.000000774. The molecule has 3 rings (SSSR count). The van der Waals surface area contributed by atoms with E-state index in [0.717, 1.165) is 17.6 Å². The summed E-state index contributed by atoms with van der Waals surface area (Å²) in [5, 5.41) is 1.33. The number of fused-ring (bicyclic) bond motifs is 1. The van der Waals surface area contributed by atoms with Crippen LogP contribution in [0.15, 0.2) is 30.3 Å². The van der Waals surface area contributed by atoms with Crippen molar-refractivity contribution in [3.63, 3.8) is 0 Å². The molecule has 1 aliphatic rings. The molecular weight excluding hydrogens is 254 g/mol. The lowest BCUT2D eigenvalue weighted by atomic mass is 9.92. The molecule has 0 saturated carbocycles. The predicted octanol–water partition coefficient (Wildman–Crippen LogP) is 6.09. The van der Waals surface area contributed by atoms with E-state index < -0.39 is 0 Å². The first-order valence-corrected chi connectivity index (χ1v) is 8.37. The van der Waals surface area contributed by atoms with E-state index in [-0.39, 0.29) is 0 Å². The summed E-state index contributed by atoms with van der Waals surface area (Å²) >= 11 is 0. The SMILES string of the molecule is CC.CCc1cc(C)nc2ccc(C3=CCCCC3)cc12. The van der Waals surface area contributed by atoms with Crippen molar-refractivity contribution in [2.75, 3.05) is 0 Å². The van der Waals surface area contributed by atoms with Crippen LogP contribution in [0.3, 0.4) is 0 Å². The van der Waals surface area contributed by atoms with Crippen LogP contribution < -0.4 is 0 Å². The van der Waals surface area contributed by atoms with Gasteiger partial charge in [-0.3, -0.25) is 4.98 Å². The maximum absolute atomic E-state index is 4.65. The molecule has 0 amide bonds. The van der Waals surface area contributed by atoms with Crippen LogP contribution in [0.2, 0.25) is 0 Å². The summed E-state index contributed by atoms with van der Waals surface area (Å²) in [4.78, 5) is 4.65. The third-order valence-corrected chi connectivity index (χ3v) is 4.07. The first-order chi connectivity index (χ1) is 10.3. The van der Waals surface area contributed by atoms with Gasteiger partial charge in [0.1, 0.15) is 0 Å². The Morgan fingerprint density at radius 3 is 2.57 bits per heavy atom. The number of benzene rings is 1. The fourth-order valence-corrected chi connectivity index (χ4v) is 3.04. The van der Waals surface area contributed by atoms with Gasteiger partial charge in [-0.15, -0.1) is 0 Å². The molecule has 0 unspecified atom stereocenters. The summed E-state index contributed by atoms with van der Waals surface area (Å²) in [5.41, 5.74) is 6.59. The molecule has 0 spiro atoms. The monoisotopic (exact) mass is 281 g/mol. The van der Waals surface area contributed by atoms with Crippen LogP contribution in [-0.2, 0) is 6.42 Å². The standard InChI is InChI=1S/C18H21N.C2H6/c1-3-14-11-13(2)19-18-10-9-16(12-17(14)18)15-7-5-4-6-8-15;1-2/h7,9-12H,3-6,8H2,1-2H3;1-2H3. The Hall–Kier alpha value is -1.63. The molecule has 112 valence electrons. The topological polar surface area (TPSA) is 12.9 Å². The van der Waals surface area contributed by atoms with E-state index in [4.69, 9.17) is 0 Å². The van der Waals surface area contributed by atoms with Gasteiger partial charge in [0.25, 0.3) is 0 Å². The van der Waals surface area contributed by atoms with Crippen molar-refractivity contribution in [2.24, 2.45) is 0 Å². The van der Waals surface area contributed by atoms with Gasteiger partial charge in [-0.25, -0.2) is 0 Å². The van der Waals surface area contributed by atoms with Crippen LogP contribution in [0.25, 0.3) is 16.5 Å². The van der Waals surface area contributed by atoms with E-state index in [0.29, 0.717) is 0 Å². The molecule has 0 aliphatic heterocycles. The maximum Gasteiger partial charge on any atom is 0.0708 e. The Kier molecular flexibility index (Phi) is 5.55. The second kappa shape index (κ2) is 7.40. The van der Waals surface area contributed by atoms with Gasteiger partial charge < -0.3 is 0 Å². The summed E-state index contributed by atoms with van der Waals surface area (Å²) < 4.78 is 0. The van der Waals surface area contributed by atoms with E-state index in [1.54, 1.807) is 0 Å². The molecule has 0 saturated heterocycles. The highest BCUT2D eigenvalue weighted by Gasteiger charge is 2.09. The lowest BCUT2D eigenvalue weighted by molar-refractivity contribution is 0.742. The molecule has 1 aliphatic carbocycles. The van der Waals surface area contributed by atoms with Crippen LogP contribution >= 0.6 is 0 Å². The van der Waals surface area contributed by atoms with Crippen molar-refractivity contribution in [1.29, 1.82) is 0 Å². The molecule has 1 aromatic carbocycles. The van der Waals surface area contributed by atoms with Crippen LogP contribution in [0.4, 0.5) is 0 Å². The Morgan fingerprint density at radius 2 is 1.90 bits per heavy atom. The summed E-state index contributed by atoms with van der Waals surface area (Å²) in [6, 6.07) is 9.00. The van der Waals surface area contributed by atoms with Crippen LogP contribution in [-0.4, -0.2) is 4.98 Å². The summed E-state index contributed by atoms with van der Waals surface area (Å²) in [5.74, 6) is 0. The van der Waals surface area contributed by atoms with Gasteiger partial charge >= 0.3 is 0 Å². The Labute approximate surface area is 129 Å². The van der Waals surface area contributed by atoms with Crippen molar-refractivity contribution < 1.29 is 0 Å². The molecule has 0 bridgehead atoms. The zero-order valence-electron chi connectivity index (χ0n) is 13.9. The molecule has 1 aromatic heterocycles. The molecule has 1 heterocycles. The minimum absolute atomic E-state index is 1.07. The van der Waals surface area contributed by atoms with Gasteiger partial charge in [-0.05, 0) is 73.9 Å². The number of hydrogen-bond acceptors (Lipinski definition) is 1. The quantitative estimate of drug-likeness (QED) is 0.649. The minimum atomic E-state index is 1.07. The van der Waals surface area contributed by atoms with E-state index in [9.17, 15) is 0 Å². The Bertz CT molecular complexity index is 638. The zero-order valence-corrected chi connectivity index (χ0v) is 13.9. The highest BCUT2D eigenvalue weighted by atomic mass is 14.7. The number of aromatic nitrogens is 1. The van der Waals surface area contributed by atoms with Gasteiger partial charge in [-0.2, -0.15) is 0 Å². The summed E-state index contributed by atoms with van der Waals surface area (Å²) in [6.07, 6.45) is 8.63. The average molecular weight is 281 g/mol. The van der Waals surface area contributed by atoms with Crippen LogP contribution in [0.1, 0.15) is 63.3 Å². The second-order valence-corrected chi connectivity index (χ2v) is 5.48. The molecule has 2 aromatic rings. The van der Waals surface area contributed by atoms with Crippen molar-refractivity contribution in [3.8, 4) is 0 Å². The number of rotatable bonds is 2. The molecular formula is C20H27N. The van der Waals surface area contributed by atoms with Crippen LogP contribution in [0.5, 0.6) is 0 Å². The molecule has 0 radical (unpaired) electrons. The Morgan fingerprint density at radius 1 is 1.10 bits per heavy atom. The zero-order chi connectivity index (χ0) is 15.2. The van der Waals surface area contributed by atoms with E-state index in [2.05, 4.69) is 49.2 Å². The summed E-state index contributed by atoms with van der Waals surface area (Å²) in [7, 11) is 0. The van der Waals surface area contributed by atoms with Crippen LogP contribution in [0, 0.1) is 6.92 Å². The average Bonchev–Trinajstić information content (AvgIpc) is 2.56. The first-order valence-electron chi connectivity index (χ1n) is 8.37. The van der Waals surface area contributed by atoms with Gasteiger partial charge in [0.2, 0.25) is 0 Å². The number of allylic oxidation sites excluding steroid dienone is 2. The molecule has 21 heavy (non-hydrogen) atoms. The summed E-state index contributed by atoms with van der Waals surface area (Å²) in [6.45, 7) is 8.30. The third kappa shape index (κ3) is 3.53. The fraction of sp³-hybridized carbons (Fsp3) is 0.450. The molecule has 0 N–H and O–H groups in total. The number of hydrogen-bond donors (Lipinski definition) is 0. The molecule has 1 nitrogen and oxygen atoms in total. The second-order valence-electron chi connectivity index (χ2n) is 5.48. The van der Waals surface area contributed by atoms with E-state index in [1.165, 1.54) is 47.8 Å². The highest BCUT2D eigenvalue weighted by molar-refractivity contribution is 5.86. The number of aryl methyl sites for hydroxylation is 2. The third-order valence-electron chi connectivity index (χ3n) is 4.07. The molecule has 1 heteroatoms. The lowest BCUT2D eigenvalue weighted by Gasteiger charge is -2.14. The van der Waals surface area contributed by atoms with Gasteiger partial charge in [0.15, 0.2) is 0 Å². The molecule has 0 atom stereocenters. The minimum Gasteiger partial charge on any atom is -0.253 e. The van der Waals surface area contributed by atoms with E-state index in [1.807, 2.05) is 13.8 Å². The van der Waals surface area contributed by atoms with Crippen molar-refractivity contribution in [1.82, 2.24) is 4.98 Å². The number of nitrogens with zero attached hydrogens (tertiary/aromatic N) is 1. The van der Waals surface area contributed by atoms with Crippen molar-refractivity contribution in [3.05, 3.63) is 47.2 Å². The largest absolute Gasteiger partial charge is 0.253 e. The van der Waals surface area contributed by atoms with Crippen molar-refractivity contribution >= 4 is 16.5 Å². The van der Waals surface area contributed by atoms with E-state index >= 15 is 0 Å². The van der Waals surface area contributed by atoms with Gasteiger partial charge in [0, 0.05) is 11.1 Å². The van der Waals surface area contributed by atoms with Gasteiger partial charge in [-0.1, -0.05) is 32.9 Å². The first kappa shape index (κ1) is 15.8. The fourth-order valence-electron chi connectivity index (χ4n) is 3.04. The maximum atomic E-state index is 4.65. The normalized spacial score (nSPS) is 14.4. The molecule has 0 fully saturated rings.